The predicted molar refractivity (Wildman–Crippen MR) is 62.4 cm³/mol. The highest BCUT2D eigenvalue weighted by atomic mass is 16.2. The highest BCUT2D eigenvalue weighted by molar-refractivity contribution is 5.82. The zero-order chi connectivity index (χ0) is 11.5. The van der Waals surface area contributed by atoms with Gasteiger partial charge in [0.1, 0.15) is 0 Å². The van der Waals surface area contributed by atoms with Gasteiger partial charge in [-0.15, -0.1) is 0 Å². The molecule has 1 fully saturated rings. The Morgan fingerprint density at radius 3 is 2.60 bits per heavy atom. The van der Waals surface area contributed by atoms with E-state index in [0.717, 1.165) is 12.5 Å². The van der Waals surface area contributed by atoms with Crippen LogP contribution in [0, 0.1) is 17.3 Å². The molecule has 88 valence electrons. The summed E-state index contributed by atoms with van der Waals surface area (Å²) >= 11 is 0. The van der Waals surface area contributed by atoms with Crippen LogP contribution in [-0.4, -0.2) is 19.0 Å². The molecule has 15 heavy (non-hydrogen) atoms. The number of hydrogen-bond acceptors (Lipinski definition) is 2. The van der Waals surface area contributed by atoms with Gasteiger partial charge in [-0.25, -0.2) is 0 Å². The van der Waals surface area contributed by atoms with E-state index in [1.54, 1.807) is 0 Å². The van der Waals surface area contributed by atoms with Gasteiger partial charge in [0.15, 0.2) is 0 Å². The van der Waals surface area contributed by atoms with E-state index in [2.05, 4.69) is 12.2 Å². The Hall–Kier alpha value is -0.570. The van der Waals surface area contributed by atoms with Gasteiger partial charge in [0.25, 0.3) is 0 Å². The van der Waals surface area contributed by atoms with Crippen molar-refractivity contribution in [2.75, 3.05) is 13.1 Å². The Bertz CT molecular complexity index is 226. The molecule has 0 saturated heterocycles. The lowest BCUT2D eigenvalue weighted by Crippen LogP contribution is -2.43. The molecule has 0 aromatic heterocycles. The zero-order valence-electron chi connectivity index (χ0n) is 10.2. The molecular formula is C12H24N2O. The molecule has 1 amide bonds. The standard InChI is InChI=1S/C12H24N2O/c1-9-4-5-10(6-9)7-14-11(15)12(2,3)8-13/h9-10H,4-8,13H2,1-3H3,(H,14,15). The van der Waals surface area contributed by atoms with Gasteiger partial charge in [0, 0.05) is 13.1 Å². The number of amides is 1. The van der Waals surface area contributed by atoms with Crippen molar-refractivity contribution < 1.29 is 4.79 Å². The van der Waals surface area contributed by atoms with Crippen molar-refractivity contribution in [2.24, 2.45) is 23.0 Å². The third kappa shape index (κ3) is 3.49. The minimum Gasteiger partial charge on any atom is -0.355 e. The van der Waals surface area contributed by atoms with Gasteiger partial charge in [-0.05, 0) is 38.5 Å². The van der Waals surface area contributed by atoms with E-state index in [1.165, 1.54) is 19.3 Å². The smallest absolute Gasteiger partial charge is 0.226 e. The van der Waals surface area contributed by atoms with E-state index in [4.69, 9.17) is 5.73 Å². The first kappa shape index (κ1) is 12.5. The summed E-state index contributed by atoms with van der Waals surface area (Å²) < 4.78 is 0. The Morgan fingerprint density at radius 1 is 1.47 bits per heavy atom. The zero-order valence-corrected chi connectivity index (χ0v) is 10.2. The monoisotopic (exact) mass is 212 g/mol. The van der Waals surface area contributed by atoms with Crippen LogP contribution in [-0.2, 0) is 4.79 Å². The summed E-state index contributed by atoms with van der Waals surface area (Å²) in [5.74, 6) is 1.59. The van der Waals surface area contributed by atoms with Crippen molar-refractivity contribution in [3.05, 3.63) is 0 Å². The van der Waals surface area contributed by atoms with Gasteiger partial charge in [-0.2, -0.15) is 0 Å². The van der Waals surface area contributed by atoms with Crippen LogP contribution in [0.4, 0.5) is 0 Å². The van der Waals surface area contributed by atoms with Crippen molar-refractivity contribution >= 4 is 5.91 Å². The van der Waals surface area contributed by atoms with Crippen LogP contribution < -0.4 is 11.1 Å². The second-order valence-electron chi connectivity index (χ2n) is 5.58. The van der Waals surface area contributed by atoms with E-state index in [-0.39, 0.29) is 5.91 Å². The number of nitrogens with one attached hydrogen (secondary N) is 1. The van der Waals surface area contributed by atoms with Crippen molar-refractivity contribution in [3.8, 4) is 0 Å². The molecule has 0 aliphatic heterocycles. The van der Waals surface area contributed by atoms with Crippen LogP contribution in [0.2, 0.25) is 0 Å². The SMILES string of the molecule is CC1CCC(CNC(=O)C(C)(C)CN)C1. The first-order valence-electron chi connectivity index (χ1n) is 5.94. The lowest BCUT2D eigenvalue weighted by molar-refractivity contribution is -0.129. The summed E-state index contributed by atoms with van der Waals surface area (Å²) in [5, 5.41) is 3.02. The molecule has 3 nitrogen and oxygen atoms in total. The van der Waals surface area contributed by atoms with Crippen LogP contribution in [0.5, 0.6) is 0 Å². The Labute approximate surface area is 92.8 Å². The van der Waals surface area contributed by atoms with Gasteiger partial charge >= 0.3 is 0 Å². The van der Waals surface area contributed by atoms with E-state index in [1.807, 2.05) is 13.8 Å². The molecule has 0 spiro atoms. The van der Waals surface area contributed by atoms with E-state index >= 15 is 0 Å². The molecule has 2 unspecified atom stereocenters. The molecule has 2 atom stereocenters. The molecule has 1 rings (SSSR count). The predicted octanol–water partition coefficient (Wildman–Crippen LogP) is 1.52. The maximum atomic E-state index is 11.7. The summed E-state index contributed by atoms with van der Waals surface area (Å²) in [4.78, 5) is 11.7. The summed E-state index contributed by atoms with van der Waals surface area (Å²) in [6.45, 7) is 7.29. The van der Waals surface area contributed by atoms with Crippen LogP contribution in [0.3, 0.4) is 0 Å². The molecule has 0 heterocycles. The van der Waals surface area contributed by atoms with Crippen LogP contribution in [0.1, 0.15) is 40.0 Å². The molecule has 0 aromatic rings. The summed E-state index contributed by atoms with van der Waals surface area (Å²) in [6.07, 6.45) is 3.81. The van der Waals surface area contributed by atoms with E-state index in [9.17, 15) is 4.79 Å². The molecule has 3 heteroatoms. The fourth-order valence-electron chi connectivity index (χ4n) is 2.08. The van der Waals surface area contributed by atoms with Crippen LogP contribution in [0.15, 0.2) is 0 Å². The number of carbonyl (C=O) groups is 1. The van der Waals surface area contributed by atoms with Gasteiger partial charge in [-0.1, -0.05) is 13.3 Å². The first-order chi connectivity index (χ1) is 6.95. The highest BCUT2D eigenvalue weighted by Gasteiger charge is 2.27. The molecule has 1 saturated carbocycles. The molecule has 0 bridgehead atoms. The topological polar surface area (TPSA) is 55.1 Å². The second kappa shape index (κ2) is 4.97. The van der Waals surface area contributed by atoms with Gasteiger partial charge in [-0.3, -0.25) is 4.79 Å². The van der Waals surface area contributed by atoms with Gasteiger partial charge in [0.05, 0.1) is 5.41 Å². The quantitative estimate of drug-likeness (QED) is 0.742. The fourth-order valence-corrected chi connectivity index (χ4v) is 2.08. The maximum Gasteiger partial charge on any atom is 0.226 e. The van der Waals surface area contributed by atoms with Crippen LogP contribution in [0.25, 0.3) is 0 Å². The third-order valence-corrected chi connectivity index (χ3v) is 3.48. The lowest BCUT2D eigenvalue weighted by atomic mass is 9.92. The van der Waals surface area contributed by atoms with Crippen molar-refractivity contribution in [1.29, 1.82) is 0 Å². The molecule has 0 radical (unpaired) electrons. The molecular weight excluding hydrogens is 188 g/mol. The Morgan fingerprint density at radius 2 is 2.13 bits per heavy atom. The molecule has 0 aromatic carbocycles. The highest BCUT2D eigenvalue weighted by Crippen LogP contribution is 2.29. The minimum absolute atomic E-state index is 0.0875. The Balaban J connectivity index is 2.28. The van der Waals surface area contributed by atoms with E-state index in [0.29, 0.717) is 12.5 Å². The Kier molecular flexibility index (Phi) is 4.14. The third-order valence-electron chi connectivity index (χ3n) is 3.48. The largest absolute Gasteiger partial charge is 0.355 e. The summed E-state index contributed by atoms with van der Waals surface area (Å²) in [7, 11) is 0. The summed E-state index contributed by atoms with van der Waals surface area (Å²) in [6, 6.07) is 0. The van der Waals surface area contributed by atoms with E-state index < -0.39 is 5.41 Å². The molecule has 3 N–H and O–H groups in total. The van der Waals surface area contributed by atoms with Crippen LogP contribution >= 0.6 is 0 Å². The minimum atomic E-state index is -0.426. The van der Waals surface area contributed by atoms with Gasteiger partial charge < -0.3 is 11.1 Å². The van der Waals surface area contributed by atoms with Crippen molar-refractivity contribution in [1.82, 2.24) is 5.32 Å². The number of hydrogen-bond donors (Lipinski definition) is 2. The average Bonchev–Trinajstić information content (AvgIpc) is 2.60. The van der Waals surface area contributed by atoms with Crippen molar-refractivity contribution in [3.63, 3.8) is 0 Å². The maximum absolute atomic E-state index is 11.7. The fraction of sp³-hybridized carbons (Fsp3) is 0.917. The lowest BCUT2D eigenvalue weighted by Gasteiger charge is -2.22. The summed E-state index contributed by atoms with van der Waals surface area (Å²) in [5.41, 5.74) is 5.13. The molecule has 1 aliphatic carbocycles. The average molecular weight is 212 g/mol. The molecule has 1 aliphatic rings. The number of nitrogens with two attached hydrogens (primary N) is 1. The van der Waals surface area contributed by atoms with Gasteiger partial charge in [0.2, 0.25) is 5.91 Å². The number of rotatable bonds is 4. The second-order valence-corrected chi connectivity index (χ2v) is 5.58. The number of carbonyl (C=O) groups excluding carboxylic acids is 1. The normalized spacial score (nSPS) is 26.7. The van der Waals surface area contributed by atoms with Crippen molar-refractivity contribution in [2.45, 2.75) is 40.0 Å². The first-order valence-corrected chi connectivity index (χ1v) is 5.94.